The Kier molecular flexibility index (Phi) is 5.44. The zero-order valence-corrected chi connectivity index (χ0v) is 17.6. The van der Waals surface area contributed by atoms with Crippen molar-refractivity contribution >= 4 is 11.9 Å². The second kappa shape index (κ2) is 8.18. The summed E-state index contributed by atoms with van der Waals surface area (Å²) in [7, 11) is 0. The first-order chi connectivity index (χ1) is 14.5. The van der Waals surface area contributed by atoms with E-state index in [0.29, 0.717) is 19.7 Å². The van der Waals surface area contributed by atoms with E-state index in [1.807, 2.05) is 33.8 Å². The number of nitrogens with zero attached hydrogens (tertiary/aromatic N) is 4. The van der Waals surface area contributed by atoms with E-state index in [0.717, 1.165) is 22.8 Å². The fraction of sp³-hybridized carbons (Fsp3) is 0.348. The lowest BCUT2D eigenvalue weighted by atomic mass is 10.1. The summed E-state index contributed by atoms with van der Waals surface area (Å²) in [4.78, 5) is 26.0. The second-order valence-corrected chi connectivity index (χ2v) is 7.57. The molecule has 7 heteroatoms. The summed E-state index contributed by atoms with van der Waals surface area (Å²) >= 11 is 0. The molecule has 1 aromatic carbocycles. The van der Waals surface area contributed by atoms with Crippen LogP contribution in [0, 0.1) is 13.8 Å². The van der Waals surface area contributed by atoms with Gasteiger partial charge in [-0.05, 0) is 56.2 Å². The topological polar surface area (TPSA) is 69.4 Å². The lowest BCUT2D eigenvalue weighted by molar-refractivity contribution is -0.145. The van der Waals surface area contributed by atoms with Crippen LogP contribution in [0.3, 0.4) is 0 Å². The third kappa shape index (κ3) is 3.75. The van der Waals surface area contributed by atoms with Gasteiger partial charge in [0, 0.05) is 24.4 Å². The molecule has 0 radical (unpaired) electrons. The van der Waals surface area contributed by atoms with E-state index in [9.17, 15) is 9.59 Å². The number of hydrogen-bond donors (Lipinski definition) is 0. The molecule has 3 heterocycles. The molecular formula is C23H26N4O3. The molecule has 0 N–H and O–H groups in total. The Morgan fingerprint density at radius 3 is 2.53 bits per heavy atom. The van der Waals surface area contributed by atoms with Crippen LogP contribution in [-0.2, 0) is 27.4 Å². The number of aromatic nitrogens is 3. The van der Waals surface area contributed by atoms with Gasteiger partial charge in [-0.2, -0.15) is 5.10 Å². The maximum atomic E-state index is 12.6. The van der Waals surface area contributed by atoms with Crippen molar-refractivity contribution in [2.24, 2.45) is 0 Å². The van der Waals surface area contributed by atoms with Crippen molar-refractivity contribution in [2.45, 2.75) is 46.7 Å². The van der Waals surface area contributed by atoms with E-state index in [2.05, 4.69) is 32.0 Å². The molecule has 1 amide bonds. The van der Waals surface area contributed by atoms with Gasteiger partial charge in [0.25, 0.3) is 0 Å². The number of ether oxygens (including phenoxy) is 1. The second-order valence-electron chi connectivity index (χ2n) is 7.57. The van der Waals surface area contributed by atoms with Gasteiger partial charge in [0.1, 0.15) is 5.82 Å². The maximum Gasteiger partial charge on any atom is 0.306 e. The molecule has 0 atom stereocenters. The summed E-state index contributed by atoms with van der Waals surface area (Å²) in [5, 5.41) is 4.86. The van der Waals surface area contributed by atoms with Gasteiger partial charge in [0.2, 0.25) is 5.91 Å². The molecule has 3 aromatic rings. The summed E-state index contributed by atoms with van der Waals surface area (Å²) in [5.74, 6) is 0.548. The number of aryl methyl sites for hydroxylation is 2. The first kappa shape index (κ1) is 19.9. The molecule has 0 unspecified atom stereocenters. The minimum Gasteiger partial charge on any atom is -0.466 e. The number of benzene rings is 1. The lowest BCUT2D eigenvalue weighted by Gasteiger charge is -2.17. The van der Waals surface area contributed by atoms with Gasteiger partial charge in [-0.1, -0.05) is 6.07 Å². The van der Waals surface area contributed by atoms with E-state index >= 15 is 0 Å². The number of amides is 1. The molecule has 1 aliphatic rings. The number of hydrogen-bond acceptors (Lipinski definition) is 4. The Hall–Kier alpha value is -3.35. The molecule has 0 saturated heterocycles. The summed E-state index contributed by atoms with van der Waals surface area (Å²) in [6.45, 7) is 7.20. The first-order valence-corrected chi connectivity index (χ1v) is 10.2. The minimum atomic E-state index is -0.337. The van der Waals surface area contributed by atoms with Gasteiger partial charge in [0.05, 0.1) is 37.5 Å². The highest BCUT2D eigenvalue weighted by molar-refractivity contribution is 5.82. The predicted molar refractivity (Wildman–Crippen MR) is 112 cm³/mol. The predicted octanol–water partition coefficient (Wildman–Crippen LogP) is 3.47. The van der Waals surface area contributed by atoms with Gasteiger partial charge in [-0.15, -0.1) is 0 Å². The van der Waals surface area contributed by atoms with Gasteiger partial charge in [-0.25, -0.2) is 4.68 Å². The Labute approximate surface area is 175 Å². The first-order valence-electron chi connectivity index (χ1n) is 10.2. The monoisotopic (exact) mass is 406 g/mol. The van der Waals surface area contributed by atoms with Crippen LogP contribution < -0.4 is 0 Å². The molecule has 0 bridgehead atoms. The third-order valence-corrected chi connectivity index (χ3v) is 5.51. The SMILES string of the molecule is CCOC(=O)CCC(=O)N1Cc2nn(-c3ccc(C)c(C)c3)c(-n3cccc3)c2C1. The van der Waals surface area contributed by atoms with Gasteiger partial charge in [-0.3, -0.25) is 9.59 Å². The zero-order valence-electron chi connectivity index (χ0n) is 17.6. The summed E-state index contributed by atoms with van der Waals surface area (Å²) < 4.78 is 8.92. The molecule has 0 saturated carbocycles. The normalized spacial score (nSPS) is 12.8. The fourth-order valence-electron chi connectivity index (χ4n) is 3.76. The van der Waals surface area contributed by atoms with E-state index in [4.69, 9.17) is 9.84 Å². The average Bonchev–Trinajstić information content (AvgIpc) is 3.44. The van der Waals surface area contributed by atoms with Crippen molar-refractivity contribution in [1.82, 2.24) is 19.2 Å². The number of rotatable bonds is 6. The Bertz CT molecular complexity index is 1080. The molecule has 0 spiro atoms. The standard InChI is InChI=1S/C23H26N4O3/c1-4-30-22(29)10-9-21(28)26-14-19-20(15-26)24-27(23(19)25-11-5-6-12-25)18-8-7-16(2)17(3)13-18/h5-8,11-13H,4,9-10,14-15H2,1-3H3. The van der Waals surface area contributed by atoms with Crippen molar-refractivity contribution in [1.29, 1.82) is 0 Å². The van der Waals surface area contributed by atoms with Crippen LogP contribution in [-0.4, -0.2) is 37.7 Å². The number of fused-ring (bicyclic) bond motifs is 1. The molecular weight excluding hydrogens is 380 g/mol. The van der Waals surface area contributed by atoms with E-state index < -0.39 is 0 Å². The molecule has 2 aromatic heterocycles. The molecule has 4 rings (SSSR count). The number of carbonyl (C=O) groups excluding carboxylic acids is 2. The average molecular weight is 406 g/mol. The van der Waals surface area contributed by atoms with Gasteiger partial charge in [0.15, 0.2) is 0 Å². The number of esters is 1. The van der Waals surface area contributed by atoms with Crippen LogP contribution in [0.1, 0.15) is 42.1 Å². The van der Waals surface area contributed by atoms with E-state index in [1.165, 1.54) is 11.1 Å². The van der Waals surface area contributed by atoms with Gasteiger partial charge < -0.3 is 14.2 Å². The largest absolute Gasteiger partial charge is 0.466 e. The minimum absolute atomic E-state index is 0.0581. The molecule has 156 valence electrons. The quantitative estimate of drug-likeness (QED) is 0.588. The highest BCUT2D eigenvalue weighted by Crippen LogP contribution is 2.31. The summed E-state index contributed by atoms with van der Waals surface area (Å²) in [6, 6.07) is 10.2. The van der Waals surface area contributed by atoms with Crippen LogP contribution >= 0.6 is 0 Å². The zero-order chi connectivity index (χ0) is 21.3. The lowest BCUT2D eigenvalue weighted by Crippen LogP contribution is -2.27. The maximum absolute atomic E-state index is 12.6. The summed E-state index contributed by atoms with van der Waals surface area (Å²) in [6.07, 6.45) is 4.23. The van der Waals surface area contributed by atoms with Gasteiger partial charge >= 0.3 is 5.97 Å². The molecule has 30 heavy (non-hydrogen) atoms. The Balaban J connectivity index is 1.62. The third-order valence-electron chi connectivity index (χ3n) is 5.51. The smallest absolute Gasteiger partial charge is 0.306 e. The Morgan fingerprint density at radius 1 is 1.07 bits per heavy atom. The van der Waals surface area contributed by atoms with Crippen molar-refractivity contribution in [2.75, 3.05) is 6.61 Å². The van der Waals surface area contributed by atoms with Crippen molar-refractivity contribution in [3.05, 3.63) is 65.1 Å². The molecule has 1 aliphatic heterocycles. The highest BCUT2D eigenvalue weighted by Gasteiger charge is 2.31. The molecule has 0 aliphatic carbocycles. The van der Waals surface area contributed by atoms with Crippen molar-refractivity contribution < 1.29 is 14.3 Å². The molecule has 7 nitrogen and oxygen atoms in total. The fourth-order valence-corrected chi connectivity index (χ4v) is 3.76. The van der Waals surface area contributed by atoms with E-state index in [-0.39, 0.29) is 24.7 Å². The van der Waals surface area contributed by atoms with Crippen LogP contribution in [0.5, 0.6) is 0 Å². The van der Waals surface area contributed by atoms with Crippen LogP contribution in [0.25, 0.3) is 11.5 Å². The van der Waals surface area contributed by atoms with Crippen LogP contribution in [0.2, 0.25) is 0 Å². The number of carbonyl (C=O) groups is 2. The van der Waals surface area contributed by atoms with Crippen molar-refractivity contribution in [3.63, 3.8) is 0 Å². The van der Waals surface area contributed by atoms with Crippen LogP contribution in [0.15, 0.2) is 42.7 Å². The molecule has 0 fully saturated rings. The van der Waals surface area contributed by atoms with Crippen molar-refractivity contribution in [3.8, 4) is 11.5 Å². The van der Waals surface area contributed by atoms with Crippen LogP contribution in [0.4, 0.5) is 0 Å². The van der Waals surface area contributed by atoms with E-state index in [1.54, 1.807) is 11.8 Å². The summed E-state index contributed by atoms with van der Waals surface area (Å²) in [5.41, 5.74) is 5.36. The Morgan fingerprint density at radius 2 is 1.83 bits per heavy atom. The highest BCUT2D eigenvalue weighted by atomic mass is 16.5.